The third-order valence-electron chi connectivity index (χ3n) is 2.45. The van der Waals surface area contributed by atoms with E-state index < -0.39 is 6.04 Å². The summed E-state index contributed by atoms with van der Waals surface area (Å²) >= 11 is 0. The molecule has 4 nitrogen and oxygen atoms in total. The van der Waals surface area contributed by atoms with Crippen LogP contribution in [0.25, 0.3) is 0 Å². The van der Waals surface area contributed by atoms with E-state index in [0.717, 1.165) is 11.3 Å². The normalized spacial score (nSPS) is 11.7. The van der Waals surface area contributed by atoms with Gasteiger partial charge in [0, 0.05) is 12.1 Å². The molecular formula is C13H18N2O2. The molecule has 0 aliphatic rings. The van der Waals surface area contributed by atoms with Crippen LogP contribution in [0, 0.1) is 6.92 Å². The van der Waals surface area contributed by atoms with Crippen LogP contribution in [0.3, 0.4) is 0 Å². The van der Waals surface area contributed by atoms with Gasteiger partial charge in [0.05, 0.1) is 6.04 Å². The summed E-state index contributed by atoms with van der Waals surface area (Å²) < 4.78 is 0. The van der Waals surface area contributed by atoms with Crippen LogP contribution in [0.5, 0.6) is 0 Å². The van der Waals surface area contributed by atoms with Crippen LogP contribution in [-0.2, 0) is 4.79 Å². The highest BCUT2D eigenvalue weighted by Gasteiger charge is 2.13. The van der Waals surface area contributed by atoms with Gasteiger partial charge in [-0.25, -0.2) is 4.79 Å². The van der Waals surface area contributed by atoms with E-state index in [1.807, 2.05) is 25.1 Å². The Morgan fingerprint density at radius 1 is 1.35 bits per heavy atom. The molecule has 0 saturated carbocycles. The number of Topliss-reactive ketones (excluding diaryl/α,β-unsaturated/α-hetero) is 1. The number of carbonyl (C=O) groups is 2. The summed E-state index contributed by atoms with van der Waals surface area (Å²) in [5, 5.41) is 5.29. The number of aryl methyl sites for hydroxylation is 1. The molecule has 0 aliphatic heterocycles. The van der Waals surface area contributed by atoms with Gasteiger partial charge in [0.25, 0.3) is 0 Å². The van der Waals surface area contributed by atoms with Crippen LogP contribution < -0.4 is 10.6 Å². The molecule has 0 fully saturated rings. The lowest BCUT2D eigenvalue weighted by Gasteiger charge is -2.13. The summed E-state index contributed by atoms with van der Waals surface area (Å²) in [5.41, 5.74) is 1.79. The zero-order valence-corrected chi connectivity index (χ0v) is 10.4. The molecule has 0 heterocycles. The largest absolute Gasteiger partial charge is 0.328 e. The van der Waals surface area contributed by atoms with E-state index in [-0.39, 0.29) is 11.8 Å². The molecule has 1 aromatic carbocycles. The Bertz CT molecular complexity index is 416. The van der Waals surface area contributed by atoms with Crippen molar-refractivity contribution >= 4 is 17.5 Å². The second-order valence-corrected chi connectivity index (χ2v) is 4.01. The summed E-state index contributed by atoms with van der Waals surface area (Å²) in [6, 6.07) is 6.68. The first-order chi connectivity index (χ1) is 8.02. The number of hydrogen-bond acceptors (Lipinski definition) is 2. The van der Waals surface area contributed by atoms with Crippen molar-refractivity contribution in [1.29, 1.82) is 0 Å². The van der Waals surface area contributed by atoms with Crippen LogP contribution >= 0.6 is 0 Å². The smallest absolute Gasteiger partial charge is 0.319 e. The van der Waals surface area contributed by atoms with Crippen molar-refractivity contribution in [2.75, 3.05) is 5.32 Å². The lowest BCUT2D eigenvalue weighted by Crippen LogP contribution is -2.40. The predicted molar refractivity (Wildman–Crippen MR) is 68.1 cm³/mol. The van der Waals surface area contributed by atoms with Crippen molar-refractivity contribution in [1.82, 2.24) is 5.32 Å². The summed E-state index contributed by atoms with van der Waals surface area (Å²) in [7, 11) is 0. The number of ketones is 1. The van der Waals surface area contributed by atoms with Crippen molar-refractivity contribution in [3.63, 3.8) is 0 Å². The van der Waals surface area contributed by atoms with E-state index in [1.54, 1.807) is 19.9 Å². The molecule has 1 rings (SSSR count). The lowest BCUT2D eigenvalue weighted by molar-refractivity contribution is -0.120. The maximum absolute atomic E-state index is 11.6. The zero-order chi connectivity index (χ0) is 12.8. The molecule has 4 heteroatoms. The van der Waals surface area contributed by atoms with Gasteiger partial charge in [-0.1, -0.05) is 19.1 Å². The maximum atomic E-state index is 11.6. The van der Waals surface area contributed by atoms with E-state index in [9.17, 15) is 9.59 Å². The third-order valence-corrected chi connectivity index (χ3v) is 2.45. The van der Waals surface area contributed by atoms with E-state index in [2.05, 4.69) is 10.6 Å². The standard InChI is InChI=1S/C13H18N2O2/c1-4-12(16)10(3)14-13(17)15-11-7-5-6-9(2)8-11/h5-8,10H,4H2,1-3H3,(H2,14,15,17). The topological polar surface area (TPSA) is 58.2 Å². The Labute approximate surface area is 101 Å². The monoisotopic (exact) mass is 234 g/mol. The van der Waals surface area contributed by atoms with E-state index in [0.29, 0.717) is 6.42 Å². The molecule has 17 heavy (non-hydrogen) atoms. The molecule has 0 saturated heterocycles. The van der Waals surface area contributed by atoms with Gasteiger partial charge in [0.2, 0.25) is 0 Å². The number of benzene rings is 1. The quantitative estimate of drug-likeness (QED) is 0.840. The van der Waals surface area contributed by atoms with Crippen LogP contribution in [0.15, 0.2) is 24.3 Å². The molecule has 92 valence electrons. The Balaban J connectivity index is 2.53. The Kier molecular flexibility index (Phi) is 4.69. The highest BCUT2D eigenvalue weighted by Crippen LogP contribution is 2.09. The number of carbonyl (C=O) groups excluding carboxylic acids is 2. The number of anilines is 1. The van der Waals surface area contributed by atoms with Crippen molar-refractivity contribution in [2.24, 2.45) is 0 Å². The van der Waals surface area contributed by atoms with Crippen LogP contribution in [0.1, 0.15) is 25.8 Å². The predicted octanol–water partition coefficient (Wildman–Crippen LogP) is 2.48. The maximum Gasteiger partial charge on any atom is 0.319 e. The summed E-state index contributed by atoms with van der Waals surface area (Å²) in [5.74, 6) is 0.0180. The first-order valence-electron chi connectivity index (χ1n) is 5.69. The fourth-order valence-electron chi connectivity index (χ4n) is 1.47. The number of rotatable bonds is 4. The third kappa shape index (κ3) is 4.26. The summed E-state index contributed by atoms with van der Waals surface area (Å²) in [6.07, 6.45) is 0.423. The SMILES string of the molecule is CCC(=O)C(C)NC(=O)Nc1cccc(C)c1. The molecule has 1 aromatic rings. The minimum absolute atomic E-state index is 0.0180. The minimum atomic E-state index is -0.454. The van der Waals surface area contributed by atoms with Crippen molar-refractivity contribution in [3.05, 3.63) is 29.8 Å². The molecular weight excluding hydrogens is 216 g/mol. The number of urea groups is 1. The lowest BCUT2D eigenvalue weighted by atomic mass is 10.2. The zero-order valence-electron chi connectivity index (χ0n) is 10.4. The van der Waals surface area contributed by atoms with E-state index >= 15 is 0 Å². The molecule has 0 aromatic heterocycles. The van der Waals surface area contributed by atoms with E-state index in [4.69, 9.17) is 0 Å². The second kappa shape index (κ2) is 6.03. The van der Waals surface area contributed by atoms with Gasteiger partial charge < -0.3 is 10.6 Å². The molecule has 0 aliphatic carbocycles. The van der Waals surface area contributed by atoms with Gasteiger partial charge >= 0.3 is 6.03 Å². The average molecular weight is 234 g/mol. The van der Waals surface area contributed by atoms with Gasteiger partial charge in [0.15, 0.2) is 5.78 Å². The first-order valence-corrected chi connectivity index (χ1v) is 5.69. The molecule has 1 unspecified atom stereocenters. The fraction of sp³-hybridized carbons (Fsp3) is 0.385. The highest BCUT2D eigenvalue weighted by atomic mass is 16.2. The first kappa shape index (κ1) is 13.2. The Morgan fingerprint density at radius 2 is 2.06 bits per heavy atom. The van der Waals surface area contributed by atoms with Gasteiger partial charge in [0.1, 0.15) is 0 Å². The molecule has 0 radical (unpaired) electrons. The van der Waals surface area contributed by atoms with Gasteiger partial charge in [-0.2, -0.15) is 0 Å². The van der Waals surface area contributed by atoms with Crippen molar-refractivity contribution in [3.8, 4) is 0 Å². The number of hydrogen-bond donors (Lipinski definition) is 2. The fourth-order valence-corrected chi connectivity index (χ4v) is 1.47. The van der Waals surface area contributed by atoms with Gasteiger partial charge in [-0.15, -0.1) is 0 Å². The van der Waals surface area contributed by atoms with Crippen LogP contribution in [0.2, 0.25) is 0 Å². The molecule has 2 amide bonds. The van der Waals surface area contributed by atoms with Crippen molar-refractivity contribution < 1.29 is 9.59 Å². The van der Waals surface area contributed by atoms with Gasteiger partial charge in [-0.3, -0.25) is 4.79 Å². The average Bonchev–Trinajstić information content (AvgIpc) is 2.27. The summed E-state index contributed by atoms with van der Waals surface area (Å²) in [4.78, 5) is 22.9. The second-order valence-electron chi connectivity index (χ2n) is 4.01. The van der Waals surface area contributed by atoms with Crippen LogP contribution in [0.4, 0.5) is 10.5 Å². The Morgan fingerprint density at radius 3 is 2.65 bits per heavy atom. The number of nitrogens with one attached hydrogen (secondary N) is 2. The molecule has 2 N–H and O–H groups in total. The molecule has 0 spiro atoms. The minimum Gasteiger partial charge on any atom is -0.328 e. The number of amides is 2. The molecule has 1 atom stereocenters. The van der Waals surface area contributed by atoms with Crippen molar-refractivity contribution in [2.45, 2.75) is 33.2 Å². The Hall–Kier alpha value is -1.84. The molecule has 0 bridgehead atoms. The van der Waals surface area contributed by atoms with Gasteiger partial charge in [-0.05, 0) is 31.5 Å². The van der Waals surface area contributed by atoms with E-state index in [1.165, 1.54) is 0 Å². The summed E-state index contributed by atoms with van der Waals surface area (Å²) in [6.45, 7) is 5.41. The highest BCUT2D eigenvalue weighted by molar-refractivity contribution is 5.94. The van der Waals surface area contributed by atoms with Crippen LogP contribution in [-0.4, -0.2) is 17.9 Å².